The fourth-order valence-electron chi connectivity index (χ4n) is 1.43. The molecule has 2 aromatic rings. The molecule has 0 aliphatic rings. The number of halogens is 2. The highest BCUT2D eigenvalue weighted by molar-refractivity contribution is 14.1. The smallest absolute Gasteiger partial charge is 0.135 e. The molecular formula is C12H12ClIN4. The topological polar surface area (TPSA) is 49.8 Å². The van der Waals surface area contributed by atoms with Gasteiger partial charge in [-0.25, -0.2) is 9.97 Å². The average molecular weight is 375 g/mol. The van der Waals surface area contributed by atoms with Crippen LogP contribution in [-0.2, 0) is 0 Å². The molecule has 0 aliphatic carbocycles. The number of hydrogen-bond donors (Lipinski definition) is 2. The maximum absolute atomic E-state index is 5.92. The van der Waals surface area contributed by atoms with Gasteiger partial charge in [0.2, 0.25) is 0 Å². The van der Waals surface area contributed by atoms with Gasteiger partial charge in [0.1, 0.15) is 18.0 Å². The summed E-state index contributed by atoms with van der Waals surface area (Å²) in [7, 11) is 0. The van der Waals surface area contributed by atoms with Crippen molar-refractivity contribution >= 4 is 51.5 Å². The molecule has 0 unspecified atom stereocenters. The van der Waals surface area contributed by atoms with Gasteiger partial charge in [0.25, 0.3) is 0 Å². The number of benzene rings is 1. The maximum atomic E-state index is 5.92. The Morgan fingerprint density at radius 2 is 2.00 bits per heavy atom. The number of anilines is 3. The van der Waals surface area contributed by atoms with E-state index in [0.29, 0.717) is 0 Å². The molecular weight excluding hydrogens is 363 g/mol. The normalized spacial score (nSPS) is 10.2. The van der Waals surface area contributed by atoms with Crippen LogP contribution in [0, 0.1) is 3.57 Å². The van der Waals surface area contributed by atoms with Crippen molar-refractivity contribution < 1.29 is 0 Å². The summed E-state index contributed by atoms with van der Waals surface area (Å²) in [6.07, 6.45) is 1.53. The van der Waals surface area contributed by atoms with Crippen molar-refractivity contribution in [2.45, 2.75) is 6.92 Å². The molecule has 0 saturated carbocycles. The molecule has 94 valence electrons. The summed E-state index contributed by atoms with van der Waals surface area (Å²) in [5, 5.41) is 7.11. The Kier molecular flexibility index (Phi) is 4.60. The summed E-state index contributed by atoms with van der Waals surface area (Å²) in [6, 6.07) is 7.54. The van der Waals surface area contributed by atoms with E-state index < -0.39 is 0 Å². The van der Waals surface area contributed by atoms with E-state index in [1.165, 1.54) is 6.33 Å². The van der Waals surface area contributed by atoms with Crippen LogP contribution in [-0.4, -0.2) is 16.5 Å². The van der Waals surface area contributed by atoms with E-state index in [2.05, 4.69) is 43.2 Å². The van der Waals surface area contributed by atoms with E-state index in [1.807, 2.05) is 31.2 Å². The van der Waals surface area contributed by atoms with Gasteiger partial charge in [0.05, 0.1) is 5.69 Å². The van der Waals surface area contributed by atoms with Crippen LogP contribution in [0.3, 0.4) is 0 Å². The van der Waals surface area contributed by atoms with Crippen molar-refractivity contribution in [1.29, 1.82) is 0 Å². The van der Waals surface area contributed by atoms with Crippen molar-refractivity contribution in [2.75, 3.05) is 17.2 Å². The highest BCUT2D eigenvalue weighted by Crippen LogP contribution is 2.25. The van der Waals surface area contributed by atoms with E-state index in [-0.39, 0.29) is 0 Å². The Hall–Kier alpha value is -1.08. The van der Waals surface area contributed by atoms with Crippen LogP contribution in [0.5, 0.6) is 0 Å². The third-order valence-corrected chi connectivity index (χ3v) is 3.35. The second-order valence-electron chi connectivity index (χ2n) is 3.57. The molecule has 0 amide bonds. The van der Waals surface area contributed by atoms with Gasteiger partial charge in [0, 0.05) is 21.2 Å². The van der Waals surface area contributed by atoms with Crippen LogP contribution >= 0.6 is 34.2 Å². The summed E-state index contributed by atoms with van der Waals surface area (Å²) >= 11 is 8.15. The molecule has 1 heterocycles. The van der Waals surface area contributed by atoms with Crippen LogP contribution in [0.25, 0.3) is 0 Å². The molecule has 2 rings (SSSR count). The summed E-state index contributed by atoms with van der Waals surface area (Å²) < 4.78 is 1.05. The number of aromatic nitrogens is 2. The molecule has 18 heavy (non-hydrogen) atoms. The zero-order valence-corrected chi connectivity index (χ0v) is 12.7. The zero-order chi connectivity index (χ0) is 13.0. The van der Waals surface area contributed by atoms with Gasteiger partial charge in [-0.2, -0.15) is 0 Å². The fraction of sp³-hybridized carbons (Fsp3) is 0.167. The molecule has 0 bridgehead atoms. The minimum Gasteiger partial charge on any atom is -0.370 e. The molecule has 0 spiro atoms. The Morgan fingerprint density at radius 1 is 1.22 bits per heavy atom. The highest BCUT2D eigenvalue weighted by Gasteiger charge is 2.03. The Bertz CT molecular complexity index is 547. The van der Waals surface area contributed by atoms with Crippen LogP contribution in [0.4, 0.5) is 17.3 Å². The van der Waals surface area contributed by atoms with Crippen LogP contribution < -0.4 is 10.6 Å². The van der Waals surface area contributed by atoms with Crippen molar-refractivity contribution in [1.82, 2.24) is 9.97 Å². The molecule has 4 nitrogen and oxygen atoms in total. The standard InChI is InChI=1S/C12H12ClIN4/c1-2-15-11-6-12(17-7-16-11)18-10-4-3-8(13)5-9(10)14/h3-7H,2H2,1H3,(H2,15,16,17,18). The van der Waals surface area contributed by atoms with Crippen LogP contribution in [0.2, 0.25) is 5.02 Å². The monoisotopic (exact) mass is 374 g/mol. The van der Waals surface area contributed by atoms with E-state index in [1.54, 1.807) is 0 Å². The largest absolute Gasteiger partial charge is 0.370 e. The Balaban J connectivity index is 2.20. The molecule has 0 radical (unpaired) electrons. The summed E-state index contributed by atoms with van der Waals surface area (Å²) in [4.78, 5) is 8.30. The van der Waals surface area contributed by atoms with E-state index >= 15 is 0 Å². The molecule has 2 N–H and O–H groups in total. The van der Waals surface area contributed by atoms with Gasteiger partial charge in [-0.3, -0.25) is 0 Å². The third kappa shape index (κ3) is 3.46. The number of rotatable bonds is 4. The average Bonchev–Trinajstić information content (AvgIpc) is 2.34. The van der Waals surface area contributed by atoms with Crippen LogP contribution in [0.15, 0.2) is 30.6 Å². The van der Waals surface area contributed by atoms with Gasteiger partial charge >= 0.3 is 0 Å². The first-order valence-electron chi connectivity index (χ1n) is 5.47. The van der Waals surface area contributed by atoms with Gasteiger partial charge in [-0.15, -0.1) is 0 Å². The molecule has 6 heteroatoms. The maximum Gasteiger partial charge on any atom is 0.135 e. The molecule has 0 atom stereocenters. The lowest BCUT2D eigenvalue weighted by molar-refractivity contribution is 1.11. The second kappa shape index (κ2) is 6.19. The number of nitrogens with zero attached hydrogens (tertiary/aromatic N) is 2. The SMILES string of the molecule is CCNc1cc(Nc2ccc(Cl)cc2I)ncn1. The van der Waals surface area contributed by atoms with Gasteiger partial charge in [-0.1, -0.05) is 11.6 Å². The minimum atomic E-state index is 0.723. The van der Waals surface area contributed by atoms with Crippen LogP contribution in [0.1, 0.15) is 6.92 Å². The minimum absolute atomic E-state index is 0.723. The lowest BCUT2D eigenvalue weighted by atomic mass is 10.3. The first-order valence-corrected chi connectivity index (χ1v) is 6.92. The van der Waals surface area contributed by atoms with E-state index in [0.717, 1.165) is 32.5 Å². The van der Waals surface area contributed by atoms with E-state index in [9.17, 15) is 0 Å². The first-order chi connectivity index (χ1) is 8.69. The Morgan fingerprint density at radius 3 is 2.72 bits per heavy atom. The quantitative estimate of drug-likeness (QED) is 0.797. The molecule has 1 aromatic heterocycles. The molecule has 0 fully saturated rings. The highest BCUT2D eigenvalue weighted by atomic mass is 127. The first kappa shape index (κ1) is 13.4. The molecule has 0 saturated heterocycles. The van der Waals surface area contributed by atoms with Crippen molar-refractivity contribution in [3.8, 4) is 0 Å². The predicted octanol–water partition coefficient (Wildman–Crippen LogP) is 3.91. The summed E-state index contributed by atoms with van der Waals surface area (Å²) in [5.74, 6) is 1.56. The van der Waals surface area contributed by atoms with Gasteiger partial charge in [-0.05, 0) is 47.7 Å². The third-order valence-electron chi connectivity index (χ3n) is 2.22. The zero-order valence-electron chi connectivity index (χ0n) is 9.74. The Labute approximate surface area is 124 Å². The van der Waals surface area contributed by atoms with Crippen molar-refractivity contribution in [3.63, 3.8) is 0 Å². The lowest BCUT2D eigenvalue weighted by Gasteiger charge is -2.09. The lowest BCUT2D eigenvalue weighted by Crippen LogP contribution is -2.02. The number of hydrogen-bond acceptors (Lipinski definition) is 4. The van der Waals surface area contributed by atoms with Gasteiger partial charge < -0.3 is 10.6 Å². The van der Waals surface area contributed by atoms with Gasteiger partial charge in [0.15, 0.2) is 0 Å². The second-order valence-corrected chi connectivity index (χ2v) is 5.17. The molecule has 1 aromatic carbocycles. The van der Waals surface area contributed by atoms with E-state index in [4.69, 9.17) is 11.6 Å². The molecule has 0 aliphatic heterocycles. The predicted molar refractivity (Wildman–Crippen MR) is 83.6 cm³/mol. The fourth-order valence-corrected chi connectivity index (χ4v) is 2.44. The van der Waals surface area contributed by atoms with Crippen molar-refractivity contribution in [2.24, 2.45) is 0 Å². The summed E-state index contributed by atoms with van der Waals surface area (Å²) in [5.41, 5.74) is 0.973. The summed E-state index contributed by atoms with van der Waals surface area (Å²) in [6.45, 7) is 2.85. The number of nitrogens with one attached hydrogen (secondary N) is 2. The van der Waals surface area contributed by atoms with Crippen molar-refractivity contribution in [3.05, 3.63) is 39.2 Å².